The standard InChI is InChI=1S/C13H13FN2O2S/c1-3-15-12(17)11-7-19-13(16-11)9-5-4-8(18-2)6-10(9)14/h4-7H,3H2,1-2H3,(H,15,17). The van der Waals surface area contributed by atoms with Crippen molar-refractivity contribution in [3.63, 3.8) is 0 Å². The maximum absolute atomic E-state index is 13.9. The number of carbonyl (C=O) groups is 1. The molecule has 2 rings (SSSR count). The van der Waals surface area contributed by atoms with Gasteiger partial charge in [-0.3, -0.25) is 4.79 Å². The van der Waals surface area contributed by atoms with Crippen LogP contribution in [0.5, 0.6) is 5.75 Å². The van der Waals surface area contributed by atoms with E-state index in [0.29, 0.717) is 28.6 Å². The van der Waals surface area contributed by atoms with E-state index in [4.69, 9.17) is 4.74 Å². The molecule has 0 saturated carbocycles. The van der Waals surface area contributed by atoms with Crippen molar-refractivity contribution < 1.29 is 13.9 Å². The normalized spacial score (nSPS) is 10.3. The molecule has 0 bridgehead atoms. The molecule has 0 aliphatic rings. The van der Waals surface area contributed by atoms with E-state index in [1.54, 1.807) is 17.5 Å². The third-order valence-corrected chi connectivity index (χ3v) is 3.36. The number of nitrogens with one attached hydrogen (secondary N) is 1. The average Bonchev–Trinajstić information content (AvgIpc) is 2.88. The van der Waals surface area contributed by atoms with E-state index in [2.05, 4.69) is 10.3 Å². The zero-order chi connectivity index (χ0) is 13.8. The number of aromatic nitrogens is 1. The summed E-state index contributed by atoms with van der Waals surface area (Å²) >= 11 is 1.23. The summed E-state index contributed by atoms with van der Waals surface area (Å²) in [4.78, 5) is 15.7. The molecule has 0 saturated heterocycles. The molecule has 1 amide bonds. The highest BCUT2D eigenvalue weighted by atomic mass is 32.1. The van der Waals surface area contributed by atoms with Gasteiger partial charge in [0, 0.05) is 23.6 Å². The lowest BCUT2D eigenvalue weighted by atomic mass is 10.2. The second-order valence-electron chi connectivity index (χ2n) is 3.74. The van der Waals surface area contributed by atoms with Gasteiger partial charge >= 0.3 is 0 Å². The molecule has 1 aromatic heterocycles. The van der Waals surface area contributed by atoms with E-state index in [0.717, 1.165) is 0 Å². The van der Waals surface area contributed by atoms with E-state index >= 15 is 0 Å². The van der Waals surface area contributed by atoms with Crippen molar-refractivity contribution in [2.24, 2.45) is 0 Å². The van der Waals surface area contributed by atoms with Crippen molar-refractivity contribution in [3.8, 4) is 16.3 Å². The highest BCUT2D eigenvalue weighted by molar-refractivity contribution is 7.13. The number of halogens is 1. The van der Waals surface area contributed by atoms with Gasteiger partial charge < -0.3 is 10.1 Å². The Labute approximate surface area is 114 Å². The predicted octanol–water partition coefficient (Wildman–Crippen LogP) is 2.71. The topological polar surface area (TPSA) is 51.2 Å². The van der Waals surface area contributed by atoms with Gasteiger partial charge in [-0.05, 0) is 19.1 Å². The summed E-state index contributed by atoms with van der Waals surface area (Å²) in [5.74, 6) is -0.225. The molecule has 19 heavy (non-hydrogen) atoms. The van der Waals surface area contributed by atoms with Gasteiger partial charge in [0.05, 0.1) is 7.11 Å². The lowest BCUT2D eigenvalue weighted by Gasteiger charge is -2.02. The van der Waals surface area contributed by atoms with Gasteiger partial charge in [0.1, 0.15) is 22.3 Å². The molecule has 1 N–H and O–H groups in total. The minimum atomic E-state index is -0.420. The zero-order valence-electron chi connectivity index (χ0n) is 10.6. The SMILES string of the molecule is CCNC(=O)c1csc(-c2ccc(OC)cc2F)n1. The highest BCUT2D eigenvalue weighted by Crippen LogP contribution is 2.28. The van der Waals surface area contributed by atoms with Crippen LogP contribution in [0.4, 0.5) is 4.39 Å². The molecule has 0 fully saturated rings. The molecule has 6 heteroatoms. The predicted molar refractivity (Wildman–Crippen MR) is 72.1 cm³/mol. The molecule has 1 heterocycles. The van der Waals surface area contributed by atoms with E-state index in [1.165, 1.54) is 24.5 Å². The molecule has 0 radical (unpaired) electrons. The Hall–Kier alpha value is -1.95. The maximum atomic E-state index is 13.9. The van der Waals surface area contributed by atoms with Crippen molar-refractivity contribution in [1.82, 2.24) is 10.3 Å². The van der Waals surface area contributed by atoms with Crippen molar-refractivity contribution in [2.75, 3.05) is 13.7 Å². The van der Waals surface area contributed by atoms with Crippen molar-refractivity contribution >= 4 is 17.2 Å². The smallest absolute Gasteiger partial charge is 0.270 e. The quantitative estimate of drug-likeness (QED) is 0.936. The number of nitrogens with zero attached hydrogens (tertiary/aromatic N) is 1. The summed E-state index contributed by atoms with van der Waals surface area (Å²) in [7, 11) is 1.48. The van der Waals surface area contributed by atoms with Crippen LogP contribution < -0.4 is 10.1 Å². The number of hydrogen-bond donors (Lipinski definition) is 1. The van der Waals surface area contributed by atoms with Crippen LogP contribution in [0.15, 0.2) is 23.6 Å². The Morgan fingerprint density at radius 3 is 2.95 bits per heavy atom. The van der Waals surface area contributed by atoms with Crippen molar-refractivity contribution in [1.29, 1.82) is 0 Å². The molecule has 100 valence electrons. The first-order valence-corrected chi connectivity index (χ1v) is 6.61. The number of ether oxygens (including phenoxy) is 1. The number of amides is 1. The minimum Gasteiger partial charge on any atom is -0.497 e. The number of rotatable bonds is 4. The number of hydrogen-bond acceptors (Lipinski definition) is 4. The average molecular weight is 280 g/mol. The third kappa shape index (κ3) is 2.90. The van der Waals surface area contributed by atoms with Gasteiger partial charge in [0.25, 0.3) is 5.91 Å². The summed E-state index contributed by atoms with van der Waals surface area (Å²) in [6.45, 7) is 2.36. The van der Waals surface area contributed by atoms with Gasteiger partial charge in [-0.2, -0.15) is 0 Å². The van der Waals surface area contributed by atoms with Gasteiger partial charge in [0.2, 0.25) is 0 Å². The van der Waals surface area contributed by atoms with Crippen molar-refractivity contribution in [3.05, 3.63) is 35.1 Å². The second-order valence-corrected chi connectivity index (χ2v) is 4.60. The Bertz CT molecular complexity index is 598. The van der Waals surface area contributed by atoms with Gasteiger partial charge in [-0.25, -0.2) is 9.37 Å². The molecular formula is C13H13FN2O2S. The van der Waals surface area contributed by atoms with Crippen LogP contribution in [0.2, 0.25) is 0 Å². The molecule has 0 aliphatic heterocycles. The van der Waals surface area contributed by atoms with Gasteiger partial charge in [-0.15, -0.1) is 11.3 Å². The molecule has 0 atom stereocenters. The molecule has 0 aliphatic carbocycles. The van der Waals surface area contributed by atoms with Gasteiger partial charge in [0.15, 0.2) is 0 Å². The van der Waals surface area contributed by atoms with Crippen LogP contribution in [0, 0.1) is 5.82 Å². The minimum absolute atomic E-state index is 0.251. The Morgan fingerprint density at radius 2 is 2.32 bits per heavy atom. The fraction of sp³-hybridized carbons (Fsp3) is 0.231. The second kappa shape index (κ2) is 5.79. The molecule has 0 spiro atoms. The Morgan fingerprint density at radius 1 is 1.53 bits per heavy atom. The van der Waals surface area contributed by atoms with Crippen LogP contribution in [0.3, 0.4) is 0 Å². The molecule has 2 aromatic rings. The van der Waals surface area contributed by atoms with Crippen LogP contribution >= 0.6 is 11.3 Å². The van der Waals surface area contributed by atoms with Gasteiger partial charge in [-0.1, -0.05) is 0 Å². The van der Waals surface area contributed by atoms with E-state index in [-0.39, 0.29) is 5.91 Å². The fourth-order valence-electron chi connectivity index (χ4n) is 1.55. The number of carbonyl (C=O) groups excluding carboxylic acids is 1. The lowest BCUT2D eigenvalue weighted by Crippen LogP contribution is -2.22. The maximum Gasteiger partial charge on any atom is 0.270 e. The van der Waals surface area contributed by atoms with Crippen LogP contribution in [-0.2, 0) is 0 Å². The van der Waals surface area contributed by atoms with E-state index in [1.807, 2.05) is 6.92 Å². The van der Waals surface area contributed by atoms with Crippen molar-refractivity contribution in [2.45, 2.75) is 6.92 Å². The summed E-state index contributed by atoms with van der Waals surface area (Å²) in [5, 5.41) is 4.74. The Kier molecular flexibility index (Phi) is 4.11. The van der Waals surface area contributed by atoms with Crippen LogP contribution in [0.1, 0.15) is 17.4 Å². The fourth-order valence-corrected chi connectivity index (χ4v) is 2.38. The number of methoxy groups -OCH3 is 1. The number of thiazole rings is 1. The van der Waals surface area contributed by atoms with E-state index < -0.39 is 5.82 Å². The lowest BCUT2D eigenvalue weighted by molar-refractivity contribution is 0.0951. The first-order chi connectivity index (χ1) is 9.15. The molecular weight excluding hydrogens is 267 g/mol. The monoisotopic (exact) mass is 280 g/mol. The summed E-state index contributed by atoms with van der Waals surface area (Å²) in [5.41, 5.74) is 0.665. The van der Waals surface area contributed by atoms with Crippen LogP contribution in [0.25, 0.3) is 10.6 Å². The van der Waals surface area contributed by atoms with E-state index in [9.17, 15) is 9.18 Å². The zero-order valence-corrected chi connectivity index (χ0v) is 11.4. The summed E-state index contributed by atoms with van der Waals surface area (Å²) < 4.78 is 18.8. The number of benzene rings is 1. The highest BCUT2D eigenvalue weighted by Gasteiger charge is 2.14. The Balaban J connectivity index is 2.30. The summed E-state index contributed by atoms with van der Waals surface area (Å²) in [6, 6.07) is 4.54. The largest absolute Gasteiger partial charge is 0.497 e. The molecule has 0 unspecified atom stereocenters. The van der Waals surface area contributed by atoms with Crippen LogP contribution in [-0.4, -0.2) is 24.5 Å². The first kappa shape index (κ1) is 13.5. The molecule has 4 nitrogen and oxygen atoms in total. The summed E-state index contributed by atoms with van der Waals surface area (Å²) in [6.07, 6.45) is 0. The first-order valence-electron chi connectivity index (χ1n) is 5.73. The third-order valence-electron chi connectivity index (χ3n) is 2.48. The molecule has 1 aromatic carbocycles.